The van der Waals surface area contributed by atoms with E-state index in [9.17, 15) is 0 Å². The van der Waals surface area contributed by atoms with Crippen molar-refractivity contribution in [2.75, 3.05) is 0 Å². The fourth-order valence-corrected chi connectivity index (χ4v) is 17.0. The molecule has 64 heavy (non-hydrogen) atoms. The molecule has 0 N–H and O–H groups in total. The van der Waals surface area contributed by atoms with E-state index in [2.05, 4.69) is 0 Å². The van der Waals surface area contributed by atoms with E-state index in [0.717, 1.165) is 94.7 Å². The van der Waals surface area contributed by atoms with Gasteiger partial charge in [0, 0.05) is 498 Å². The molecule has 0 aromatic rings. The Morgan fingerprint density at radius 2 is 0.203 bits per heavy atom. The number of hydrogen-bond donors (Lipinski definition) is 0. The molecule has 9 saturated carbocycles. The second kappa shape index (κ2) is 52.9. The summed E-state index contributed by atoms with van der Waals surface area (Å²) in [5, 5.41) is 0. The Labute approximate surface area is 777 Å². The Morgan fingerprint density at radius 3 is 0.359 bits per heavy atom. The maximum absolute atomic E-state index is 1.65. The van der Waals surface area contributed by atoms with E-state index in [4.69, 9.17) is 0 Å². The first-order valence-corrected chi connectivity index (χ1v) is 23.7. The molecule has 9 fully saturated rings. The van der Waals surface area contributed by atoms with Crippen LogP contribution in [0.15, 0.2) is 0 Å². The first kappa shape index (κ1) is 97.1. The predicted molar refractivity (Wildman–Crippen MR) is 204 cm³/mol. The molecule has 9 rings (SSSR count). The van der Waals surface area contributed by atoms with Gasteiger partial charge < -0.3 is 0 Å². The summed E-state index contributed by atoms with van der Waals surface area (Å²) in [5.74, 6) is 17.9. The van der Waals surface area contributed by atoms with Crippen molar-refractivity contribution in [2.24, 2.45) is 94.7 Å². The SMILES string of the molecule is C1CC(C2CCCC(C3CC4CC(C3)C3CCCC4C3)CCC2)CCCC(C2CCCC(C3CC4CC(C3)C3CCCC4C3)CCC2)C1.[U].[U].[U].[U].[U].[U].[U].[U].[U].[U].[U].[U].[U].[U].[U].[U]. The molecule has 0 spiro atoms. The fourth-order valence-electron chi connectivity index (χ4n) is 17.0. The van der Waals surface area contributed by atoms with Crippen molar-refractivity contribution >= 4 is 0 Å². The van der Waals surface area contributed by atoms with Gasteiger partial charge in [-0.15, -0.1) is 0 Å². The summed E-state index contributed by atoms with van der Waals surface area (Å²) in [6, 6.07) is 0. The van der Waals surface area contributed by atoms with Crippen molar-refractivity contribution in [1.82, 2.24) is 0 Å². The molecule has 16 heteroatoms. The largest absolute Gasteiger partial charge is 0.0528 e. The summed E-state index contributed by atoms with van der Waals surface area (Å²) in [4.78, 5) is 0. The molecule has 8 bridgehead atoms. The van der Waals surface area contributed by atoms with Gasteiger partial charge in [0.2, 0.25) is 0 Å². The van der Waals surface area contributed by atoms with Crippen LogP contribution in [0, 0.1) is 592 Å². The van der Waals surface area contributed by atoms with Gasteiger partial charge in [0.15, 0.2) is 0 Å². The quantitative estimate of drug-likeness (QED) is 0.263. The molecule has 0 aromatic carbocycles. The third-order valence-corrected chi connectivity index (χ3v) is 19.4. The van der Waals surface area contributed by atoms with Crippen LogP contribution >= 0.6 is 0 Å². The maximum Gasteiger partial charge on any atom is 0 e. The monoisotopic (exact) mass is 4470 g/mol. The average Bonchev–Trinajstić information content (AvgIpc) is 3.08. The second-order valence-corrected chi connectivity index (χ2v) is 21.5. The van der Waals surface area contributed by atoms with E-state index < -0.39 is 0 Å². The van der Waals surface area contributed by atoms with Gasteiger partial charge in [-0.05, 0) is 146 Å². The Bertz CT molecular complexity index is 919. The predicted octanol–water partition coefficient (Wildman–Crippen LogP) is 14.5. The molecule has 8 atom stereocenters. The van der Waals surface area contributed by atoms with Gasteiger partial charge in [0.1, 0.15) is 0 Å². The summed E-state index contributed by atoms with van der Waals surface area (Å²) >= 11 is 0. The molecule has 0 saturated heterocycles. The van der Waals surface area contributed by atoms with Gasteiger partial charge in [-0.1, -0.05) is 154 Å². The third-order valence-electron chi connectivity index (χ3n) is 19.4. The Kier molecular flexibility index (Phi) is 80.3. The molecule has 8 unspecified atom stereocenters. The number of rotatable bonds is 4. The molecular formula is C48H80U16. The van der Waals surface area contributed by atoms with E-state index >= 15 is 0 Å². The molecule has 0 heterocycles. The molecule has 0 nitrogen and oxygen atoms in total. The van der Waals surface area contributed by atoms with Gasteiger partial charge in [-0.2, -0.15) is 0 Å². The summed E-state index contributed by atoms with van der Waals surface area (Å²) in [6.07, 6.45) is 51.4. The van der Waals surface area contributed by atoms with Crippen LogP contribution in [0.5, 0.6) is 0 Å². The zero-order valence-electron chi connectivity index (χ0n) is 39.9. The third kappa shape index (κ3) is 28.8. The van der Waals surface area contributed by atoms with E-state index in [-0.39, 0.29) is 498 Å². The number of hydrogen-bond acceptors (Lipinski definition) is 0. The molecular weight excluding hydrogens is 4380 g/mol. The van der Waals surface area contributed by atoms with Crippen LogP contribution in [0.1, 0.15) is 205 Å². The minimum atomic E-state index is 0. The zero-order chi connectivity index (χ0) is 31.9. The number of fused-ring (bicyclic) bond motifs is 12. The van der Waals surface area contributed by atoms with Crippen molar-refractivity contribution in [1.29, 1.82) is 0 Å². The van der Waals surface area contributed by atoms with Crippen molar-refractivity contribution in [3.05, 3.63) is 0 Å². The van der Waals surface area contributed by atoms with Crippen LogP contribution in [0.2, 0.25) is 0 Å². The van der Waals surface area contributed by atoms with Crippen LogP contribution in [-0.2, 0) is 0 Å². The molecule has 336 valence electrons. The topological polar surface area (TPSA) is 0 Å². The Hall–Kier alpha value is 16.8. The van der Waals surface area contributed by atoms with Crippen LogP contribution in [0.4, 0.5) is 0 Å². The van der Waals surface area contributed by atoms with Gasteiger partial charge in [0.05, 0.1) is 0 Å². The minimum Gasteiger partial charge on any atom is -0.0528 e. The molecule has 0 amide bonds. The summed E-state index contributed by atoms with van der Waals surface area (Å²) in [6.45, 7) is 0. The average molecular weight is 4470 g/mol. The van der Waals surface area contributed by atoms with Crippen molar-refractivity contribution in [2.45, 2.75) is 205 Å². The maximum atomic E-state index is 1.65. The van der Waals surface area contributed by atoms with Crippen molar-refractivity contribution < 1.29 is 498 Å². The minimum absolute atomic E-state index is 0. The Balaban J connectivity index is -0.000000327. The van der Waals surface area contributed by atoms with Gasteiger partial charge in [0.25, 0.3) is 0 Å². The van der Waals surface area contributed by atoms with Crippen molar-refractivity contribution in [3.63, 3.8) is 0 Å². The summed E-state index contributed by atoms with van der Waals surface area (Å²) < 4.78 is 0. The standard InChI is InChI=1S/C48H80.16U/c1-9-33(35-13-3-17-37(18-4-14-35)43-27-45-31-46(28-43)40-22-7-21-39(45)25-40)11-2-12-34(10-1)36-15-5-19-38(20-6-16-36)44-29-47-32-48(30-44)42-24-8-23-41(47)26-42;;;;;;;;;;;;;;;;/h33-48H,1-32H2;;;;;;;;;;;;;;;;. The van der Waals surface area contributed by atoms with Crippen LogP contribution in [-0.4, -0.2) is 0 Å². The van der Waals surface area contributed by atoms with E-state index in [0.29, 0.717) is 0 Å². The van der Waals surface area contributed by atoms with Crippen molar-refractivity contribution in [3.8, 4) is 0 Å². The normalized spacial score (nSPS) is 39.0. The fraction of sp³-hybridized carbons (Fsp3) is 1.00. The van der Waals surface area contributed by atoms with Crippen LogP contribution < -0.4 is 0 Å². The van der Waals surface area contributed by atoms with Gasteiger partial charge in [-0.25, -0.2) is 0 Å². The summed E-state index contributed by atoms with van der Waals surface area (Å²) in [7, 11) is 0. The van der Waals surface area contributed by atoms with E-state index in [1.165, 1.54) is 0 Å². The Morgan fingerprint density at radius 1 is 0.109 bits per heavy atom. The smallest absolute Gasteiger partial charge is 0 e. The van der Waals surface area contributed by atoms with Gasteiger partial charge in [-0.3, -0.25) is 0 Å². The first-order valence-electron chi connectivity index (χ1n) is 23.7. The first-order chi connectivity index (χ1) is 23.7. The second-order valence-electron chi connectivity index (χ2n) is 21.5. The molecule has 0 radical (unpaired) electrons. The van der Waals surface area contributed by atoms with E-state index in [1.807, 2.05) is 0 Å². The molecule has 0 aromatic heterocycles. The van der Waals surface area contributed by atoms with Crippen LogP contribution in [0.3, 0.4) is 0 Å². The molecule has 0 aliphatic heterocycles. The molecule has 9 aliphatic rings. The molecule has 9 aliphatic carbocycles. The van der Waals surface area contributed by atoms with E-state index in [1.54, 1.807) is 205 Å². The van der Waals surface area contributed by atoms with Crippen LogP contribution in [0.25, 0.3) is 0 Å². The zero-order valence-corrected chi connectivity index (χ0v) is 106. The summed E-state index contributed by atoms with van der Waals surface area (Å²) in [5.41, 5.74) is 0. The van der Waals surface area contributed by atoms with Gasteiger partial charge >= 0.3 is 0 Å².